The molecule has 0 aliphatic rings. The molecule has 0 bridgehead atoms. The standard InChI is InChI=1S/C14H11BrN2O2.ClH.Pt/c15-12-6-7-13(18)11(8-12)9-16-17-14(19)10-4-2-1-3-5-10;;/h1-9H,(H2,16,17,18,19);1H;/q;;+2. The van der Waals surface area contributed by atoms with Crippen molar-refractivity contribution >= 4 is 37.5 Å². The Labute approximate surface area is 146 Å². The van der Waals surface area contributed by atoms with E-state index in [1.54, 1.807) is 61.2 Å². The molecule has 4 nitrogen and oxygen atoms in total. The van der Waals surface area contributed by atoms with Gasteiger partial charge in [0.25, 0.3) is 11.7 Å². The predicted octanol–water partition coefficient (Wildman–Crippen LogP) is 3.83. The van der Waals surface area contributed by atoms with E-state index in [0.717, 1.165) is 4.47 Å². The zero-order chi connectivity index (χ0) is 15.7. The van der Waals surface area contributed by atoms with Gasteiger partial charge in [-0.2, -0.15) is 0 Å². The first kappa shape index (κ1) is 17.9. The van der Waals surface area contributed by atoms with Crippen LogP contribution in [-0.2, 0) is 18.8 Å². The number of hydrogen-bond donors (Lipinski definition) is 0. The van der Waals surface area contributed by atoms with E-state index >= 15 is 0 Å². The summed E-state index contributed by atoms with van der Waals surface area (Å²) in [6.07, 6.45) is 1.44. The van der Waals surface area contributed by atoms with Crippen molar-refractivity contribution < 1.29 is 28.7 Å². The third kappa shape index (κ3) is 6.00. The molecular weight excluding hydrogens is 539 g/mol. The molecule has 0 aliphatic carbocycles. The average Bonchev–Trinajstić information content (AvgIpc) is 2.53. The molecule has 3 N–H and O–H groups in total. The van der Waals surface area contributed by atoms with Gasteiger partial charge in [0, 0.05) is 16.8 Å². The Bertz CT molecular complexity index is 624. The van der Waals surface area contributed by atoms with Crippen LogP contribution in [0.2, 0.25) is 0 Å². The Balaban J connectivity index is 0.00000106. The van der Waals surface area contributed by atoms with Crippen molar-refractivity contribution in [1.82, 2.24) is 0 Å². The van der Waals surface area contributed by atoms with Crippen LogP contribution in [0.1, 0.15) is 11.1 Å². The van der Waals surface area contributed by atoms with Gasteiger partial charge in [-0.3, -0.25) is 4.79 Å². The SMILES string of the molecule is [Cl][Pt+].[OH+]=C([N-]N=Cc1cc(Br)ccc1[OH2+])c1ccccc1. The van der Waals surface area contributed by atoms with Crippen LogP contribution in [0, 0.1) is 0 Å². The molecule has 112 valence electrons. The van der Waals surface area contributed by atoms with Gasteiger partial charge in [0.1, 0.15) is 0 Å². The van der Waals surface area contributed by atoms with E-state index in [4.69, 9.17) is 5.11 Å². The number of benzene rings is 2. The van der Waals surface area contributed by atoms with E-state index in [2.05, 4.69) is 35.9 Å². The van der Waals surface area contributed by atoms with E-state index in [0.29, 0.717) is 16.9 Å². The van der Waals surface area contributed by atoms with Gasteiger partial charge in [0.15, 0.2) is 0 Å². The maximum absolute atomic E-state index is 9.70. The minimum absolute atomic E-state index is 0.154. The van der Waals surface area contributed by atoms with Crippen molar-refractivity contribution in [2.24, 2.45) is 5.10 Å². The summed E-state index contributed by atoms with van der Waals surface area (Å²) in [6, 6.07) is 14.2. The number of carbonyl (C=O) groups excluding carboxylic acids is 1. The second kappa shape index (κ2) is 9.72. The van der Waals surface area contributed by atoms with E-state index in [9.17, 15) is 4.79 Å². The third-order valence-electron chi connectivity index (χ3n) is 2.39. The monoisotopic (exact) mass is 549 g/mol. The van der Waals surface area contributed by atoms with E-state index < -0.39 is 0 Å². The maximum Gasteiger partial charge on any atom is 0.275 e. The Hall–Kier alpha value is -1.16. The van der Waals surface area contributed by atoms with Crippen molar-refractivity contribution in [2.75, 3.05) is 0 Å². The molecule has 0 fully saturated rings. The van der Waals surface area contributed by atoms with Crippen LogP contribution in [0.3, 0.4) is 0 Å². The first-order chi connectivity index (χ1) is 10.2. The molecule has 0 heterocycles. The van der Waals surface area contributed by atoms with Gasteiger partial charge in [0.2, 0.25) is 0 Å². The second-order valence-corrected chi connectivity index (χ2v) is 4.68. The molecule has 0 saturated heterocycles. The summed E-state index contributed by atoms with van der Waals surface area (Å²) in [5.74, 6) is 0.194. The van der Waals surface area contributed by atoms with E-state index in [1.807, 2.05) is 6.07 Å². The zero-order valence-corrected chi connectivity index (χ0v) is 15.2. The molecule has 2 aromatic rings. The fourth-order valence-electron chi connectivity index (χ4n) is 1.43. The van der Waals surface area contributed by atoms with Crippen molar-refractivity contribution in [3.05, 3.63) is 69.6 Å². The molecule has 0 saturated carbocycles. The van der Waals surface area contributed by atoms with Crippen molar-refractivity contribution in [3.8, 4) is 5.75 Å². The first-order valence-corrected chi connectivity index (χ1v) is 9.26. The van der Waals surface area contributed by atoms with Gasteiger partial charge in [0.05, 0.1) is 11.1 Å². The van der Waals surface area contributed by atoms with Gasteiger partial charge in [-0.1, -0.05) is 34.1 Å². The molecule has 0 spiro atoms. The predicted molar refractivity (Wildman–Crippen MR) is 86.5 cm³/mol. The quantitative estimate of drug-likeness (QED) is 0.317. The summed E-state index contributed by atoms with van der Waals surface area (Å²) in [5.41, 5.74) is 4.92. The van der Waals surface area contributed by atoms with Crippen LogP contribution in [0.4, 0.5) is 0 Å². The molecule has 21 heavy (non-hydrogen) atoms. The van der Waals surface area contributed by atoms with Crippen LogP contribution < -0.4 is 0 Å². The van der Waals surface area contributed by atoms with Crippen LogP contribution in [0.5, 0.6) is 5.75 Å². The number of halogens is 2. The summed E-state index contributed by atoms with van der Waals surface area (Å²) >= 11 is 4.93. The Morgan fingerprint density at radius 1 is 1.24 bits per heavy atom. The molecule has 0 aliphatic heterocycles. The molecule has 0 radical (unpaired) electrons. The summed E-state index contributed by atoms with van der Waals surface area (Å²) < 4.78 is 0.862. The van der Waals surface area contributed by atoms with Crippen LogP contribution in [0.15, 0.2) is 58.1 Å². The van der Waals surface area contributed by atoms with Crippen LogP contribution >= 0.6 is 25.3 Å². The maximum atomic E-state index is 9.70. The number of hydrogen-bond acceptors (Lipinski definition) is 1. The topological polar surface area (TPSA) is 70.8 Å². The number of nitrogens with zero attached hydrogens (tertiary/aromatic N) is 2. The normalized spacial score (nSPS) is 9.90. The minimum atomic E-state index is -0.154. The average molecular weight is 551 g/mol. The Morgan fingerprint density at radius 2 is 1.90 bits per heavy atom. The third-order valence-corrected chi connectivity index (χ3v) is 2.89. The Morgan fingerprint density at radius 3 is 2.57 bits per heavy atom. The van der Waals surface area contributed by atoms with E-state index in [-0.39, 0.29) is 5.91 Å². The molecule has 1 amide bonds. The molecule has 0 unspecified atom stereocenters. The second-order valence-electron chi connectivity index (χ2n) is 3.77. The molecule has 7 heteroatoms. The van der Waals surface area contributed by atoms with E-state index in [1.165, 1.54) is 6.21 Å². The summed E-state index contributed by atoms with van der Waals surface area (Å²) in [6.45, 7) is 0. The largest absolute Gasteiger partial charge is 0.593 e. The van der Waals surface area contributed by atoms with Crippen LogP contribution in [0.25, 0.3) is 5.43 Å². The van der Waals surface area contributed by atoms with Gasteiger partial charge >= 0.3 is 28.2 Å². The molecule has 0 atom stereocenters. The Kier molecular flexibility index (Phi) is 8.28. The minimum Gasteiger partial charge on any atom is -0.593 e. The van der Waals surface area contributed by atoms with Gasteiger partial charge in [-0.15, -0.1) is 0 Å². The van der Waals surface area contributed by atoms with Crippen molar-refractivity contribution in [3.63, 3.8) is 0 Å². The fourth-order valence-corrected chi connectivity index (χ4v) is 1.81. The first-order valence-electron chi connectivity index (χ1n) is 5.65. The van der Waals surface area contributed by atoms with Gasteiger partial charge in [-0.05, 0) is 24.3 Å². The molecule has 0 aromatic heterocycles. The van der Waals surface area contributed by atoms with Crippen molar-refractivity contribution in [1.29, 1.82) is 0 Å². The molecular formula is C14H12BrClN2O2Pt+2. The summed E-state index contributed by atoms with van der Waals surface area (Å²) in [7, 11) is 4.61. The number of rotatable bonds is 3. The van der Waals surface area contributed by atoms with Crippen molar-refractivity contribution in [2.45, 2.75) is 0 Å². The molecule has 2 rings (SSSR count). The zero-order valence-electron chi connectivity index (χ0n) is 10.6. The smallest absolute Gasteiger partial charge is 0.275 e. The summed E-state index contributed by atoms with van der Waals surface area (Å²) in [4.78, 5) is 9.70. The summed E-state index contributed by atoms with van der Waals surface area (Å²) in [5, 5.41) is 11.5. The molecule has 2 aromatic carbocycles. The van der Waals surface area contributed by atoms with Gasteiger partial charge < -0.3 is 15.6 Å². The van der Waals surface area contributed by atoms with Crippen LogP contribution in [-0.4, -0.2) is 22.0 Å². The van der Waals surface area contributed by atoms with Gasteiger partial charge in [-0.25, -0.2) is 0 Å². The number of amides is 1. The fraction of sp³-hybridized carbons (Fsp3) is 0.